The van der Waals surface area contributed by atoms with Crippen LogP contribution in [0.2, 0.25) is 0 Å². The number of carbonyl (C=O) groups excluding carboxylic acids is 1. The molecule has 188 valence electrons. The second-order valence-corrected chi connectivity index (χ2v) is 9.47. The molecule has 0 radical (unpaired) electrons. The highest BCUT2D eigenvalue weighted by molar-refractivity contribution is 5.94. The smallest absolute Gasteiger partial charge is 0.251 e. The second kappa shape index (κ2) is 9.75. The first-order chi connectivity index (χ1) is 17.7. The Morgan fingerprint density at radius 2 is 1.76 bits per heavy atom. The number of aromatic nitrogens is 1. The van der Waals surface area contributed by atoms with E-state index < -0.39 is 11.6 Å². The van der Waals surface area contributed by atoms with Gasteiger partial charge in [-0.25, -0.2) is 13.8 Å². The van der Waals surface area contributed by atoms with Crippen molar-refractivity contribution in [3.05, 3.63) is 117 Å². The third kappa shape index (κ3) is 4.70. The Balaban J connectivity index is 1.42. The molecule has 0 aliphatic heterocycles. The van der Waals surface area contributed by atoms with Crippen LogP contribution in [0.15, 0.2) is 60.7 Å². The van der Waals surface area contributed by atoms with Crippen LogP contribution in [0, 0.1) is 25.5 Å². The molecule has 5 nitrogen and oxygen atoms in total. The number of aliphatic hydroxyl groups is 1. The van der Waals surface area contributed by atoms with Gasteiger partial charge in [0.15, 0.2) is 0 Å². The van der Waals surface area contributed by atoms with Gasteiger partial charge >= 0.3 is 0 Å². The number of halogens is 2. The number of nitrogens with two attached hydrogens (primary N) is 1. The average molecular weight is 500 g/mol. The number of nitrogens with zero attached hydrogens (tertiary/aromatic N) is 1. The molecule has 0 spiro atoms. The van der Waals surface area contributed by atoms with Gasteiger partial charge < -0.3 is 16.2 Å². The molecule has 1 amide bonds. The number of amides is 1. The summed E-state index contributed by atoms with van der Waals surface area (Å²) in [5, 5.41) is 13.2. The SMILES string of the molecule is Cc1cc(N)nc(C)c1CNC(=O)c1ccc2c(c1)Cc1cc(-c3ccc(F)cc3F)ccc1[C@@H]2CO. The number of carbonyl (C=O) groups is 1. The van der Waals surface area contributed by atoms with Gasteiger partial charge in [-0.2, -0.15) is 0 Å². The first-order valence-corrected chi connectivity index (χ1v) is 12.1. The van der Waals surface area contributed by atoms with Crippen molar-refractivity contribution in [3.63, 3.8) is 0 Å². The number of benzene rings is 3. The van der Waals surface area contributed by atoms with Crippen LogP contribution < -0.4 is 11.1 Å². The van der Waals surface area contributed by atoms with E-state index in [1.54, 1.807) is 18.2 Å². The Labute approximate surface area is 214 Å². The third-order valence-electron chi connectivity index (χ3n) is 7.10. The molecule has 7 heteroatoms. The van der Waals surface area contributed by atoms with Gasteiger partial charge in [-0.05, 0) is 89.5 Å². The fraction of sp³-hybridized carbons (Fsp3) is 0.200. The zero-order valence-electron chi connectivity index (χ0n) is 20.6. The Kier molecular flexibility index (Phi) is 6.48. The molecule has 0 fully saturated rings. The van der Waals surface area contributed by atoms with E-state index in [0.29, 0.717) is 35.5 Å². The number of aryl methyl sites for hydroxylation is 2. The Hall–Kier alpha value is -4.10. The normalized spacial score (nSPS) is 14.1. The van der Waals surface area contributed by atoms with Crippen LogP contribution in [-0.2, 0) is 13.0 Å². The molecule has 4 N–H and O–H groups in total. The molecule has 1 aliphatic carbocycles. The molecule has 5 rings (SSSR count). The van der Waals surface area contributed by atoms with Gasteiger partial charge in [-0.15, -0.1) is 0 Å². The van der Waals surface area contributed by atoms with Crippen molar-refractivity contribution in [1.82, 2.24) is 10.3 Å². The average Bonchev–Trinajstić information content (AvgIpc) is 2.85. The summed E-state index contributed by atoms with van der Waals surface area (Å²) in [6.45, 7) is 4.03. The lowest BCUT2D eigenvalue weighted by molar-refractivity contribution is 0.0950. The van der Waals surface area contributed by atoms with Gasteiger partial charge in [-0.3, -0.25) is 4.79 Å². The number of rotatable bonds is 5. The maximum Gasteiger partial charge on any atom is 0.251 e. The Morgan fingerprint density at radius 1 is 1.03 bits per heavy atom. The van der Waals surface area contributed by atoms with E-state index in [0.717, 1.165) is 45.1 Å². The summed E-state index contributed by atoms with van der Waals surface area (Å²) in [6.07, 6.45) is 0.527. The monoisotopic (exact) mass is 499 g/mol. The quantitative estimate of drug-likeness (QED) is 0.353. The number of nitrogen functional groups attached to an aromatic ring is 1. The molecule has 0 saturated carbocycles. The van der Waals surface area contributed by atoms with Crippen LogP contribution in [0.4, 0.5) is 14.6 Å². The van der Waals surface area contributed by atoms with Crippen LogP contribution in [0.1, 0.15) is 55.4 Å². The number of hydrogen-bond acceptors (Lipinski definition) is 4. The minimum atomic E-state index is -0.629. The summed E-state index contributed by atoms with van der Waals surface area (Å²) in [6, 6.07) is 16.4. The van der Waals surface area contributed by atoms with E-state index in [9.17, 15) is 18.7 Å². The molecule has 1 aromatic heterocycles. The molecule has 4 aromatic rings. The number of nitrogens with one attached hydrogen (secondary N) is 1. The highest BCUT2D eigenvalue weighted by atomic mass is 19.1. The lowest BCUT2D eigenvalue weighted by Crippen LogP contribution is -2.25. The van der Waals surface area contributed by atoms with Crippen molar-refractivity contribution in [2.24, 2.45) is 0 Å². The van der Waals surface area contributed by atoms with Crippen LogP contribution in [0.25, 0.3) is 11.1 Å². The maximum atomic E-state index is 14.4. The van der Waals surface area contributed by atoms with E-state index >= 15 is 0 Å². The molecule has 3 aromatic carbocycles. The first kappa shape index (κ1) is 24.6. The Morgan fingerprint density at radius 3 is 2.46 bits per heavy atom. The molecular formula is C30H27F2N3O2. The highest BCUT2D eigenvalue weighted by Gasteiger charge is 2.26. The van der Waals surface area contributed by atoms with Crippen LogP contribution in [-0.4, -0.2) is 22.6 Å². The van der Waals surface area contributed by atoms with Crippen LogP contribution in [0.5, 0.6) is 0 Å². The molecule has 0 bridgehead atoms. The van der Waals surface area contributed by atoms with Crippen molar-refractivity contribution >= 4 is 11.7 Å². The molecule has 1 atom stereocenters. The predicted molar refractivity (Wildman–Crippen MR) is 139 cm³/mol. The van der Waals surface area contributed by atoms with Crippen molar-refractivity contribution in [1.29, 1.82) is 0 Å². The highest BCUT2D eigenvalue weighted by Crippen LogP contribution is 2.39. The number of aliphatic hydroxyl groups excluding tert-OH is 1. The van der Waals surface area contributed by atoms with Gasteiger partial charge in [0.1, 0.15) is 17.5 Å². The van der Waals surface area contributed by atoms with Crippen molar-refractivity contribution in [2.75, 3.05) is 12.3 Å². The minimum absolute atomic E-state index is 0.0987. The largest absolute Gasteiger partial charge is 0.395 e. The van der Waals surface area contributed by atoms with E-state index in [-0.39, 0.29) is 18.4 Å². The van der Waals surface area contributed by atoms with Crippen LogP contribution >= 0.6 is 0 Å². The summed E-state index contributed by atoms with van der Waals surface area (Å²) in [7, 11) is 0. The van der Waals surface area contributed by atoms with Gasteiger partial charge in [0.2, 0.25) is 0 Å². The maximum absolute atomic E-state index is 14.4. The summed E-state index contributed by atoms with van der Waals surface area (Å²) in [4.78, 5) is 17.3. The lowest BCUT2D eigenvalue weighted by atomic mass is 9.77. The predicted octanol–water partition coefficient (Wildman–Crippen LogP) is 5.18. The van der Waals surface area contributed by atoms with Gasteiger partial charge in [0, 0.05) is 35.3 Å². The second-order valence-electron chi connectivity index (χ2n) is 9.47. The number of hydrogen-bond donors (Lipinski definition) is 3. The minimum Gasteiger partial charge on any atom is -0.395 e. The van der Waals surface area contributed by atoms with Gasteiger partial charge in [-0.1, -0.05) is 24.3 Å². The van der Waals surface area contributed by atoms with Gasteiger partial charge in [0.05, 0.1) is 6.61 Å². The van der Waals surface area contributed by atoms with E-state index in [4.69, 9.17) is 5.73 Å². The first-order valence-electron chi connectivity index (χ1n) is 12.1. The lowest BCUT2D eigenvalue weighted by Gasteiger charge is -2.28. The van der Waals surface area contributed by atoms with Gasteiger partial charge in [0.25, 0.3) is 5.91 Å². The van der Waals surface area contributed by atoms with E-state index in [2.05, 4.69) is 10.3 Å². The van der Waals surface area contributed by atoms with Crippen LogP contribution in [0.3, 0.4) is 0 Å². The van der Waals surface area contributed by atoms with Crippen molar-refractivity contribution in [2.45, 2.75) is 32.7 Å². The third-order valence-corrected chi connectivity index (χ3v) is 7.10. The number of pyridine rings is 1. The summed E-state index contributed by atoms with van der Waals surface area (Å²) in [5.41, 5.74) is 13.7. The zero-order valence-corrected chi connectivity index (χ0v) is 20.6. The topological polar surface area (TPSA) is 88.2 Å². The van der Waals surface area contributed by atoms with Crippen molar-refractivity contribution < 1.29 is 18.7 Å². The molecular weight excluding hydrogens is 472 g/mol. The molecule has 1 heterocycles. The zero-order chi connectivity index (χ0) is 26.3. The van der Waals surface area contributed by atoms with Crippen molar-refractivity contribution in [3.8, 4) is 11.1 Å². The Bertz CT molecular complexity index is 1510. The molecule has 37 heavy (non-hydrogen) atoms. The molecule has 0 unspecified atom stereocenters. The van der Waals surface area contributed by atoms with E-state index in [1.807, 2.05) is 38.1 Å². The number of anilines is 1. The summed E-state index contributed by atoms with van der Waals surface area (Å²) < 4.78 is 27.8. The summed E-state index contributed by atoms with van der Waals surface area (Å²) in [5.74, 6) is -1.28. The number of fused-ring (bicyclic) bond motifs is 2. The standard InChI is InChI=1S/C30H27F2N3O2/c1-16-9-29(33)35-17(2)26(16)14-34-30(37)19-4-7-24-21(11-19)12-20-10-18(3-6-23(20)27(24)15-36)25-8-5-22(31)13-28(25)32/h3-11,13,27,36H,12,14-15H2,1-2H3,(H2,33,35)(H,34,37)/t27-/m0/s1. The molecule has 0 saturated heterocycles. The summed E-state index contributed by atoms with van der Waals surface area (Å²) >= 11 is 0. The fourth-order valence-electron chi connectivity index (χ4n) is 5.23. The fourth-order valence-corrected chi connectivity index (χ4v) is 5.23. The molecule has 1 aliphatic rings. The van der Waals surface area contributed by atoms with E-state index in [1.165, 1.54) is 12.1 Å².